The fraction of sp³-hybridized carbons (Fsp3) is 0.625. The molecule has 5 aliphatic rings. The summed E-state index contributed by atoms with van der Waals surface area (Å²) in [6.07, 6.45) is 13.5. The van der Waals surface area contributed by atoms with Crippen LogP contribution < -0.4 is 5.73 Å². The summed E-state index contributed by atoms with van der Waals surface area (Å²) in [5.74, 6) is 1.50. The van der Waals surface area contributed by atoms with E-state index in [9.17, 15) is 9.59 Å². The number of rotatable bonds is 3. The number of hydrogen-bond donors (Lipinski definition) is 1. The van der Waals surface area contributed by atoms with E-state index >= 15 is 0 Å². The lowest BCUT2D eigenvalue weighted by Crippen LogP contribution is -2.46. The molecule has 2 fully saturated rings. The minimum Gasteiger partial charge on any atom is -0.385 e. The van der Waals surface area contributed by atoms with E-state index in [1.54, 1.807) is 17.2 Å². The van der Waals surface area contributed by atoms with Gasteiger partial charge in [0.25, 0.3) is 0 Å². The molecule has 0 saturated heterocycles. The SMILES string of the molecule is CC12C=CC(=O)C=C1CCC1=C2C2(CC2)CC2(C)C(C(=O)CSC(N)=S)CCC12. The number of carbonyl (C=O) groups excluding carboxylic acids is 2. The minimum absolute atomic E-state index is 0.0506. The summed E-state index contributed by atoms with van der Waals surface area (Å²) in [7, 11) is 0. The molecule has 0 aromatic rings. The highest BCUT2D eigenvalue weighted by atomic mass is 32.2. The molecule has 154 valence electrons. The van der Waals surface area contributed by atoms with Crippen LogP contribution in [-0.4, -0.2) is 21.6 Å². The average molecular weight is 428 g/mol. The molecule has 2 N–H and O–H groups in total. The van der Waals surface area contributed by atoms with Crippen molar-refractivity contribution in [3.63, 3.8) is 0 Å². The number of nitrogens with two attached hydrogens (primary N) is 1. The Morgan fingerprint density at radius 2 is 2.03 bits per heavy atom. The molecule has 0 bridgehead atoms. The lowest BCUT2D eigenvalue weighted by Gasteiger charge is -2.54. The van der Waals surface area contributed by atoms with Crippen LogP contribution in [0.25, 0.3) is 0 Å². The topological polar surface area (TPSA) is 60.2 Å². The molecular weight excluding hydrogens is 398 g/mol. The molecule has 0 amide bonds. The van der Waals surface area contributed by atoms with Gasteiger partial charge in [0.15, 0.2) is 5.78 Å². The fourth-order valence-electron chi connectivity index (χ4n) is 7.49. The third-order valence-corrected chi connectivity index (χ3v) is 9.74. The first-order valence-corrected chi connectivity index (χ1v) is 12.2. The Balaban J connectivity index is 1.55. The van der Waals surface area contributed by atoms with Crippen molar-refractivity contribution in [2.24, 2.45) is 33.8 Å². The van der Waals surface area contributed by atoms with Crippen LogP contribution in [0.15, 0.2) is 34.9 Å². The number of Topliss-reactive ketones (excluding diaryl/α,β-unsaturated/α-hetero) is 1. The van der Waals surface area contributed by atoms with Gasteiger partial charge in [0.05, 0.1) is 5.75 Å². The van der Waals surface area contributed by atoms with E-state index in [-0.39, 0.29) is 27.9 Å². The molecule has 5 heteroatoms. The molecule has 0 aliphatic heterocycles. The van der Waals surface area contributed by atoms with Crippen LogP contribution in [0, 0.1) is 28.1 Å². The van der Waals surface area contributed by atoms with Gasteiger partial charge in [0.2, 0.25) is 0 Å². The summed E-state index contributed by atoms with van der Waals surface area (Å²) in [5, 5.41) is 0. The standard InChI is InChI=1S/C24H29NO2S2/c1-22-8-7-15(26)11-14(22)3-4-16-17-5-6-18(19(27)12-29-21(25)28)23(17,2)13-24(9-10-24)20(16)22/h7-8,11,17-18H,3-6,9-10,12-13H2,1-2H3,(H2,25,28). The van der Waals surface area contributed by atoms with Crippen molar-refractivity contribution in [3.8, 4) is 0 Å². The molecule has 4 atom stereocenters. The van der Waals surface area contributed by atoms with Gasteiger partial charge in [-0.1, -0.05) is 53.7 Å². The zero-order valence-electron chi connectivity index (χ0n) is 17.3. The predicted octanol–water partition coefficient (Wildman–Crippen LogP) is 4.91. The molecule has 5 aliphatic carbocycles. The maximum atomic E-state index is 13.1. The summed E-state index contributed by atoms with van der Waals surface area (Å²) in [6, 6.07) is 0. The van der Waals surface area contributed by atoms with Crippen molar-refractivity contribution in [2.75, 3.05) is 5.75 Å². The normalized spacial score (nSPS) is 39.0. The number of fused-ring (bicyclic) bond motifs is 5. The minimum atomic E-state index is -0.0942. The van der Waals surface area contributed by atoms with Gasteiger partial charge in [-0.05, 0) is 80.8 Å². The Morgan fingerprint density at radius 1 is 1.28 bits per heavy atom. The van der Waals surface area contributed by atoms with Crippen molar-refractivity contribution in [1.29, 1.82) is 0 Å². The third-order valence-electron chi connectivity index (χ3n) is 8.67. The largest absolute Gasteiger partial charge is 0.385 e. The molecule has 0 radical (unpaired) electrons. The first-order valence-electron chi connectivity index (χ1n) is 10.8. The fourth-order valence-corrected chi connectivity index (χ4v) is 8.15. The van der Waals surface area contributed by atoms with Gasteiger partial charge in [0.1, 0.15) is 10.1 Å². The maximum Gasteiger partial charge on any atom is 0.178 e. The van der Waals surface area contributed by atoms with Gasteiger partial charge >= 0.3 is 0 Å². The Labute approximate surface area is 182 Å². The highest BCUT2D eigenvalue weighted by Gasteiger charge is 2.65. The third kappa shape index (κ3) is 2.79. The number of thioether (sulfide) groups is 1. The number of carbonyl (C=O) groups is 2. The predicted molar refractivity (Wildman–Crippen MR) is 121 cm³/mol. The number of thiocarbonyl (C=S) groups is 1. The van der Waals surface area contributed by atoms with Gasteiger partial charge in [0, 0.05) is 11.3 Å². The quantitative estimate of drug-likeness (QED) is 0.512. The number of allylic oxidation sites excluding steroid dienone is 6. The lowest BCUT2D eigenvalue weighted by atomic mass is 9.50. The van der Waals surface area contributed by atoms with Crippen LogP contribution in [0.4, 0.5) is 0 Å². The van der Waals surface area contributed by atoms with Crippen LogP contribution in [0.1, 0.15) is 58.8 Å². The van der Waals surface area contributed by atoms with E-state index in [4.69, 9.17) is 18.0 Å². The van der Waals surface area contributed by atoms with Crippen LogP contribution in [0.3, 0.4) is 0 Å². The summed E-state index contributed by atoms with van der Waals surface area (Å²) in [5.41, 5.74) is 10.4. The van der Waals surface area contributed by atoms with E-state index in [1.165, 1.54) is 30.2 Å². The number of ketones is 2. The van der Waals surface area contributed by atoms with Gasteiger partial charge in [-0.3, -0.25) is 9.59 Å². The first-order chi connectivity index (χ1) is 13.7. The van der Waals surface area contributed by atoms with Crippen molar-refractivity contribution < 1.29 is 9.59 Å². The van der Waals surface area contributed by atoms with Crippen molar-refractivity contribution in [2.45, 2.75) is 58.8 Å². The van der Waals surface area contributed by atoms with Crippen molar-refractivity contribution in [1.82, 2.24) is 0 Å². The molecule has 0 heterocycles. The van der Waals surface area contributed by atoms with Crippen molar-refractivity contribution >= 4 is 39.9 Å². The Morgan fingerprint density at radius 3 is 2.72 bits per heavy atom. The highest BCUT2D eigenvalue weighted by molar-refractivity contribution is 8.23. The van der Waals surface area contributed by atoms with Gasteiger partial charge in [-0.15, -0.1) is 0 Å². The number of hydrogen-bond acceptors (Lipinski definition) is 4. The molecular formula is C24H29NO2S2. The summed E-state index contributed by atoms with van der Waals surface area (Å²) >= 11 is 6.29. The molecule has 1 spiro atoms. The van der Waals surface area contributed by atoms with Crippen LogP contribution in [-0.2, 0) is 9.59 Å². The zero-order chi connectivity index (χ0) is 20.6. The van der Waals surface area contributed by atoms with E-state index in [0.717, 1.165) is 32.1 Å². The average Bonchev–Trinajstić information content (AvgIpc) is 3.31. The Kier molecular flexibility index (Phi) is 4.36. The van der Waals surface area contributed by atoms with Crippen LogP contribution in [0.5, 0.6) is 0 Å². The maximum absolute atomic E-state index is 13.1. The lowest BCUT2D eigenvalue weighted by molar-refractivity contribution is -0.124. The molecule has 4 unspecified atom stereocenters. The smallest absolute Gasteiger partial charge is 0.178 e. The summed E-state index contributed by atoms with van der Waals surface area (Å²) < 4.78 is 0.364. The molecule has 3 nitrogen and oxygen atoms in total. The second-order valence-corrected chi connectivity index (χ2v) is 11.9. The highest BCUT2D eigenvalue weighted by Crippen LogP contribution is 2.74. The van der Waals surface area contributed by atoms with Gasteiger partial charge in [-0.2, -0.15) is 0 Å². The summed E-state index contributed by atoms with van der Waals surface area (Å²) in [4.78, 5) is 25.1. The van der Waals surface area contributed by atoms with E-state index in [1.807, 2.05) is 6.08 Å². The second kappa shape index (κ2) is 6.40. The zero-order valence-corrected chi connectivity index (χ0v) is 18.9. The van der Waals surface area contributed by atoms with Crippen molar-refractivity contribution in [3.05, 3.63) is 34.9 Å². The van der Waals surface area contributed by atoms with E-state index in [2.05, 4.69) is 19.9 Å². The molecule has 2 saturated carbocycles. The molecule has 0 aromatic heterocycles. The Bertz CT molecular complexity index is 925. The summed E-state index contributed by atoms with van der Waals surface area (Å²) in [6.45, 7) is 4.71. The van der Waals surface area contributed by atoms with Gasteiger partial charge in [-0.25, -0.2) is 0 Å². The second-order valence-electron chi connectivity index (χ2n) is 10.2. The van der Waals surface area contributed by atoms with Crippen LogP contribution in [0.2, 0.25) is 0 Å². The molecule has 0 aromatic carbocycles. The monoisotopic (exact) mass is 427 g/mol. The first kappa shape index (κ1) is 19.7. The molecule has 29 heavy (non-hydrogen) atoms. The van der Waals surface area contributed by atoms with Gasteiger partial charge < -0.3 is 5.73 Å². The van der Waals surface area contributed by atoms with E-state index in [0.29, 0.717) is 21.8 Å². The van der Waals surface area contributed by atoms with Crippen LogP contribution >= 0.6 is 24.0 Å². The Hall–Kier alpha value is -1.20. The van der Waals surface area contributed by atoms with E-state index < -0.39 is 0 Å². The molecule has 5 rings (SSSR count).